The summed E-state index contributed by atoms with van der Waals surface area (Å²) in [5, 5.41) is 13.8. The van der Waals surface area contributed by atoms with Gasteiger partial charge in [-0.05, 0) is 41.1 Å². The van der Waals surface area contributed by atoms with E-state index in [1.807, 2.05) is 6.92 Å². The number of phenols is 1. The van der Waals surface area contributed by atoms with Crippen molar-refractivity contribution in [2.45, 2.75) is 6.92 Å². The highest BCUT2D eigenvalue weighted by Crippen LogP contribution is 2.28. The molecule has 0 fully saturated rings. The summed E-state index contributed by atoms with van der Waals surface area (Å²) in [6, 6.07) is 6.67. The molecule has 1 amide bonds. The minimum Gasteiger partial charge on any atom is -0.504 e. The fraction of sp³-hybridized carbons (Fsp3) is 0.133. The molecule has 0 saturated carbocycles. The Morgan fingerprint density at radius 3 is 3.05 bits per heavy atom. The number of para-hydroxylation sites is 1. The maximum Gasteiger partial charge on any atom is 0.272 e. The zero-order valence-corrected chi connectivity index (χ0v) is 13.4. The highest BCUT2D eigenvalue weighted by molar-refractivity contribution is 9.10. The molecule has 0 aliphatic rings. The van der Waals surface area contributed by atoms with Crippen LogP contribution >= 0.6 is 15.9 Å². The highest BCUT2D eigenvalue weighted by atomic mass is 79.9. The summed E-state index contributed by atoms with van der Waals surface area (Å²) in [6.07, 6.45) is 4.36. The first-order valence-corrected chi connectivity index (χ1v) is 7.30. The number of amides is 1. The van der Waals surface area contributed by atoms with Crippen LogP contribution in [0.4, 0.5) is 0 Å². The standard InChI is InChI=1S/C15H14BrN3O3/c1-2-22-13-5-3-4-10(14(13)20)8-18-19-15(21)11-6-12(16)9-17-7-11/h3-9,20H,2H2,1H3,(H,19,21). The molecule has 2 N–H and O–H groups in total. The van der Waals surface area contributed by atoms with Crippen LogP contribution in [0.5, 0.6) is 11.5 Å². The number of hydrazone groups is 1. The average molecular weight is 364 g/mol. The van der Waals surface area contributed by atoms with E-state index >= 15 is 0 Å². The lowest BCUT2D eigenvalue weighted by molar-refractivity contribution is 0.0954. The van der Waals surface area contributed by atoms with Crippen molar-refractivity contribution in [1.82, 2.24) is 10.4 Å². The monoisotopic (exact) mass is 363 g/mol. The lowest BCUT2D eigenvalue weighted by atomic mass is 10.2. The minimum absolute atomic E-state index is 0.0218. The van der Waals surface area contributed by atoms with Gasteiger partial charge in [0.1, 0.15) is 0 Å². The SMILES string of the molecule is CCOc1cccc(C=NNC(=O)c2cncc(Br)c2)c1O. The van der Waals surface area contributed by atoms with Gasteiger partial charge in [0.15, 0.2) is 11.5 Å². The second kappa shape index (κ2) is 7.56. The van der Waals surface area contributed by atoms with Gasteiger partial charge in [0, 0.05) is 22.4 Å². The molecule has 0 bridgehead atoms. The number of aromatic hydroxyl groups is 1. The van der Waals surface area contributed by atoms with Crippen molar-refractivity contribution in [1.29, 1.82) is 0 Å². The van der Waals surface area contributed by atoms with Crippen molar-refractivity contribution in [2.24, 2.45) is 5.10 Å². The smallest absolute Gasteiger partial charge is 0.272 e. The lowest BCUT2D eigenvalue weighted by Crippen LogP contribution is -2.17. The summed E-state index contributed by atoms with van der Waals surface area (Å²) in [4.78, 5) is 15.8. The van der Waals surface area contributed by atoms with Crippen molar-refractivity contribution in [2.75, 3.05) is 6.61 Å². The molecule has 1 aromatic carbocycles. The third-order valence-electron chi connectivity index (χ3n) is 2.67. The van der Waals surface area contributed by atoms with Gasteiger partial charge in [-0.15, -0.1) is 0 Å². The van der Waals surface area contributed by atoms with Crippen LogP contribution < -0.4 is 10.2 Å². The van der Waals surface area contributed by atoms with E-state index in [0.29, 0.717) is 28.0 Å². The molecule has 0 radical (unpaired) electrons. The van der Waals surface area contributed by atoms with Crippen molar-refractivity contribution < 1.29 is 14.6 Å². The van der Waals surface area contributed by atoms with Crippen LogP contribution in [0.25, 0.3) is 0 Å². The van der Waals surface area contributed by atoms with Gasteiger partial charge in [0.05, 0.1) is 18.4 Å². The molecule has 6 nitrogen and oxygen atoms in total. The summed E-state index contributed by atoms with van der Waals surface area (Å²) < 4.78 is 5.97. The Balaban J connectivity index is 2.07. The van der Waals surface area contributed by atoms with Gasteiger partial charge >= 0.3 is 0 Å². The predicted molar refractivity (Wildman–Crippen MR) is 86.3 cm³/mol. The van der Waals surface area contributed by atoms with E-state index < -0.39 is 5.91 Å². The largest absolute Gasteiger partial charge is 0.504 e. The number of hydrogen-bond acceptors (Lipinski definition) is 5. The maximum atomic E-state index is 11.9. The highest BCUT2D eigenvalue weighted by Gasteiger charge is 2.07. The van der Waals surface area contributed by atoms with Crippen LogP contribution in [0.1, 0.15) is 22.8 Å². The maximum absolute atomic E-state index is 11.9. The second-order valence-electron chi connectivity index (χ2n) is 4.22. The normalized spacial score (nSPS) is 10.6. The number of nitrogens with one attached hydrogen (secondary N) is 1. The molecule has 0 unspecified atom stereocenters. The number of carbonyl (C=O) groups excluding carboxylic acids is 1. The molecule has 0 aliphatic carbocycles. The molecule has 7 heteroatoms. The van der Waals surface area contributed by atoms with Gasteiger partial charge in [0.2, 0.25) is 0 Å². The van der Waals surface area contributed by atoms with E-state index in [9.17, 15) is 9.90 Å². The Hall–Kier alpha value is -2.41. The zero-order chi connectivity index (χ0) is 15.9. The Bertz CT molecular complexity index is 704. The third-order valence-corrected chi connectivity index (χ3v) is 3.10. The molecule has 22 heavy (non-hydrogen) atoms. The first kappa shape index (κ1) is 16.0. The zero-order valence-electron chi connectivity index (χ0n) is 11.8. The molecule has 0 aliphatic heterocycles. The first-order chi connectivity index (χ1) is 10.6. The molecule has 1 heterocycles. The van der Waals surface area contributed by atoms with Crippen LogP contribution in [0.2, 0.25) is 0 Å². The molecule has 0 atom stereocenters. The van der Waals surface area contributed by atoms with Gasteiger partial charge < -0.3 is 9.84 Å². The number of halogens is 1. The fourth-order valence-corrected chi connectivity index (χ4v) is 2.04. The van der Waals surface area contributed by atoms with Gasteiger partial charge in [-0.3, -0.25) is 9.78 Å². The number of phenolic OH excluding ortho intramolecular Hbond substituents is 1. The molecular weight excluding hydrogens is 350 g/mol. The minimum atomic E-state index is -0.398. The molecule has 0 spiro atoms. The number of nitrogens with zero attached hydrogens (tertiary/aromatic N) is 2. The number of pyridine rings is 1. The van der Waals surface area contributed by atoms with Crippen LogP contribution in [0.15, 0.2) is 46.2 Å². The first-order valence-electron chi connectivity index (χ1n) is 6.50. The summed E-state index contributed by atoms with van der Waals surface area (Å²) in [5.74, 6) is -0.0501. The van der Waals surface area contributed by atoms with Crippen LogP contribution in [-0.4, -0.2) is 28.8 Å². The third kappa shape index (κ3) is 4.05. The van der Waals surface area contributed by atoms with Crippen molar-refractivity contribution in [3.05, 3.63) is 52.3 Å². The molecule has 2 aromatic rings. The van der Waals surface area contributed by atoms with E-state index in [2.05, 4.69) is 31.4 Å². The van der Waals surface area contributed by atoms with Crippen molar-refractivity contribution >= 4 is 28.1 Å². The molecular formula is C15H14BrN3O3. The van der Waals surface area contributed by atoms with E-state index in [1.54, 1.807) is 30.5 Å². The summed E-state index contributed by atoms with van der Waals surface area (Å²) in [5.41, 5.74) is 3.19. The summed E-state index contributed by atoms with van der Waals surface area (Å²) in [7, 11) is 0. The topological polar surface area (TPSA) is 83.8 Å². The van der Waals surface area contributed by atoms with Gasteiger partial charge in [0.25, 0.3) is 5.91 Å². The second-order valence-corrected chi connectivity index (χ2v) is 5.13. The van der Waals surface area contributed by atoms with Crippen LogP contribution in [0.3, 0.4) is 0 Å². The Kier molecular flexibility index (Phi) is 5.48. The van der Waals surface area contributed by atoms with E-state index in [0.717, 1.165) is 0 Å². The predicted octanol–water partition coefficient (Wildman–Crippen LogP) is 2.71. The quantitative estimate of drug-likeness (QED) is 0.631. The average Bonchev–Trinajstić information content (AvgIpc) is 2.51. The van der Waals surface area contributed by atoms with Crippen LogP contribution in [-0.2, 0) is 0 Å². The fourth-order valence-electron chi connectivity index (χ4n) is 1.68. The number of aromatic nitrogens is 1. The van der Waals surface area contributed by atoms with Crippen molar-refractivity contribution in [3.8, 4) is 11.5 Å². The number of hydrogen-bond donors (Lipinski definition) is 2. The molecule has 2 rings (SSSR count). The van der Waals surface area contributed by atoms with Gasteiger partial charge in [-0.2, -0.15) is 5.10 Å². The Morgan fingerprint density at radius 1 is 1.50 bits per heavy atom. The number of ether oxygens (including phenoxy) is 1. The van der Waals surface area contributed by atoms with E-state index in [1.165, 1.54) is 12.4 Å². The summed E-state index contributed by atoms with van der Waals surface area (Å²) in [6.45, 7) is 2.27. The number of carbonyl (C=O) groups is 1. The Labute approximate surface area is 136 Å². The lowest BCUT2D eigenvalue weighted by Gasteiger charge is -2.07. The van der Waals surface area contributed by atoms with Crippen molar-refractivity contribution in [3.63, 3.8) is 0 Å². The van der Waals surface area contributed by atoms with Gasteiger partial charge in [-0.25, -0.2) is 5.43 Å². The summed E-state index contributed by atoms with van der Waals surface area (Å²) >= 11 is 3.24. The number of benzene rings is 1. The molecule has 114 valence electrons. The van der Waals surface area contributed by atoms with E-state index in [4.69, 9.17) is 4.74 Å². The van der Waals surface area contributed by atoms with Gasteiger partial charge in [-0.1, -0.05) is 6.07 Å². The van der Waals surface area contributed by atoms with Crippen LogP contribution in [0, 0.1) is 0 Å². The Morgan fingerprint density at radius 2 is 2.32 bits per heavy atom. The molecule has 0 saturated heterocycles. The molecule has 1 aromatic heterocycles. The van der Waals surface area contributed by atoms with E-state index in [-0.39, 0.29) is 5.75 Å². The number of rotatable bonds is 5.